The Bertz CT molecular complexity index is 363. The van der Waals surface area contributed by atoms with Crippen molar-refractivity contribution in [1.29, 1.82) is 0 Å². The second-order valence-corrected chi connectivity index (χ2v) is 4.30. The van der Waals surface area contributed by atoms with Crippen LogP contribution in [0.2, 0.25) is 0 Å². The highest BCUT2D eigenvalue weighted by Crippen LogP contribution is 1.93. The first kappa shape index (κ1) is 14.6. The number of carbonyl (C=O) groups excluding carboxylic acids is 1. The van der Waals surface area contributed by atoms with Gasteiger partial charge in [-0.15, -0.1) is 0 Å². The fourth-order valence-corrected chi connectivity index (χ4v) is 1.54. The molecule has 6 nitrogen and oxygen atoms in total. The van der Waals surface area contributed by atoms with Crippen LogP contribution in [-0.4, -0.2) is 33.3 Å². The Labute approximate surface area is 108 Å². The Morgan fingerprint density at radius 2 is 2.28 bits per heavy atom. The largest absolute Gasteiger partial charge is 0.354 e. The summed E-state index contributed by atoms with van der Waals surface area (Å²) < 4.78 is 1.84. The Morgan fingerprint density at radius 1 is 1.50 bits per heavy atom. The molecule has 1 unspecified atom stereocenters. The van der Waals surface area contributed by atoms with Gasteiger partial charge in [-0.1, -0.05) is 6.92 Å². The summed E-state index contributed by atoms with van der Waals surface area (Å²) in [5.41, 5.74) is 0. The summed E-state index contributed by atoms with van der Waals surface area (Å²) in [6.07, 6.45) is 3.00. The number of aromatic nitrogens is 3. The van der Waals surface area contributed by atoms with Gasteiger partial charge >= 0.3 is 0 Å². The van der Waals surface area contributed by atoms with Gasteiger partial charge in [-0.2, -0.15) is 5.10 Å². The number of hydrogen-bond donors (Lipinski definition) is 2. The highest BCUT2D eigenvalue weighted by Gasteiger charge is 2.05. The topological polar surface area (TPSA) is 71.8 Å². The maximum absolute atomic E-state index is 11.5. The van der Waals surface area contributed by atoms with Crippen molar-refractivity contribution in [3.63, 3.8) is 0 Å². The number of amides is 1. The molecule has 0 bridgehead atoms. The lowest BCUT2D eigenvalue weighted by Gasteiger charge is -2.11. The third-order valence-corrected chi connectivity index (χ3v) is 2.83. The minimum atomic E-state index is 0.0915. The molecule has 1 rings (SSSR count). The molecule has 0 aromatic carbocycles. The van der Waals surface area contributed by atoms with E-state index in [-0.39, 0.29) is 11.9 Å². The van der Waals surface area contributed by atoms with Crippen LogP contribution in [0, 0.1) is 0 Å². The quantitative estimate of drug-likeness (QED) is 0.669. The van der Waals surface area contributed by atoms with Gasteiger partial charge in [0.15, 0.2) is 0 Å². The molecule has 1 heterocycles. The summed E-state index contributed by atoms with van der Waals surface area (Å²) in [6, 6.07) is 0.251. The molecule has 1 atom stereocenters. The number of carbonyl (C=O) groups is 1. The molecule has 1 aromatic heterocycles. The van der Waals surface area contributed by atoms with E-state index in [1.54, 1.807) is 6.33 Å². The van der Waals surface area contributed by atoms with E-state index >= 15 is 0 Å². The maximum atomic E-state index is 11.5. The normalized spacial score (nSPS) is 12.4. The van der Waals surface area contributed by atoms with E-state index in [0.717, 1.165) is 18.8 Å². The highest BCUT2D eigenvalue weighted by molar-refractivity contribution is 5.76. The van der Waals surface area contributed by atoms with Gasteiger partial charge in [0.05, 0.1) is 6.54 Å². The number of nitrogens with one attached hydrogen (secondary N) is 2. The lowest BCUT2D eigenvalue weighted by atomic mass is 10.2. The van der Waals surface area contributed by atoms with Crippen LogP contribution >= 0.6 is 0 Å². The summed E-state index contributed by atoms with van der Waals surface area (Å²) in [4.78, 5) is 15.7. The van der Waals surface area contributed by atoms with Crippen molar-refractivity contribution in [3.05, 3.63) is 12.2 Å². The average Bonchev–Trinajstić information content (AvgIpc) is 2.81. The highest BCUT2D eigenvalue weighted by atomic mass is 16.1. The van der Waals surface area contributed by atoms with E-state index < -0.39 is 0 Å². The van der Waals surface area contributed by atoms with Crippen molar-refractivity contribution in [2.75, 3.05) is 6.54 Å². The van der Waals surface area contributed by atoms with Gasteiger partial charge in [0, 0.05) is 25.6 Å². The summed E-state index contributed by atoms with van der Waals surface area (Å²) in [6.45, 7) is 8.20. The molecule has 18 heavy (non-hydrogen) atoms. The first-order valence-corrected chi connectivity index (χ1v) is 6.54. The standard InChI is InChI=1S/C12H23N5O/c1-4-10(3)16-12(18)6-7-13-8-11-14-9-15-17(11)5-2/h9-10,13H,4-8H2,1-3H3,(H,16,18). The van der Waals surface area contributed by atoms with Crippen LogP contribution in [0.25, 0.3) is 0 Å². The fraction of sp³-hybridized carbons (Fsp3) is 0.750. The number of rotatable bonds is 8. The zero-order valence-electron chi connectivity index (χ0n) is 11.4. The minimum absolute atomic E-state index is 0.0915. The van der Waals surface area contributed by atoms with Crippen molar-refractivity contribution in [2.45, 2.75) is 52.7 Å². The van der Waals surface area contributed by atoms with Gasteiger partial charge in [-0.25, -0.2) is 9.67 Å². The first-order valence-electron chi connectivity index (χ1n) is 6.54. The predicted octanol–water partition coefficient (Wildman–Crippen LogP) is 0.692. The SMILES string of the molecule is CCC(C)NC(=O)CCNCc1ncnn1CC. The minimum Gasteiger partial charge on any atom is -0.354 e. The summed E-state index contributed by atoms with van der Waals surface area (Å²) in [5, 5.41) is 10.2. The molecule has 1 amide bonds. The Morgan fingerprint density at radius 3 is 2.94 bits per heavy atom. The van der Waals surface area contributed by atoms with Crippen molar-refractivity contribution in [1.82, 2.24) is 25.4 Å². The van der Waals surface area contributed by atoms with E-state index in [1.807, 2.05) is 18.5 Å². The van der Waals surface area contributed by atoms with Crippen molar-refractivity contribution in [2.24, 2.45) is 0 Å². The Kier molecular flexibility index (Phi) is 6.35. The van der Waals surface area contributed by atoms with E-state index in [4.69, 9.17) is 0 Å². The van der Waals surface area contributed by atoms with E-state index in [0.29, 0.717) is 19.5 Å². The molecule has 6 heteroatoms. The Hall–Kier alpha value is -1.43. The van der Waals surface area contributed by atoms with Crippen molar-refractivity contribution >= 4 is 5.91 Å². The average molecular weight is 253 g/mol. The van der Waals surface area contributed by atoms with Crippen LogP contribution in [0.3, 0.4) is 0 Å². The summed E-state index contributed by atoms with van der Waals surface area (Å²) >= 11 is 0. The monoisotopic (exact) mass is 253 g/mol. The van der Waals surface area contributed by atoms with Crippen LogP contribution < -0.4 is 10.6 Å². The summed E-state index contributed by atoms with van der Waals surface area (Å²) in [5.74, 6) is 0.994. The van der Waals surface area contributed by atoms with Gasteiger partial charge in [0.2, 0.25) is 5.91 Å². The van der Waals surface area contributed by atoms with E-state index in [1.165, 1.54) is 0 Å². The molecular weight excluding hydrogens is 230 g/mol. The molecule has 0 saturated carbocycles. The first-order chi connectivity index (χ1) is 8.67. The van der Waals surface area contributed by atoms with Gasteiger partial charge in [-0.3, -0.25) is 4.79 Å². The molecule has 0 spiro atoms. The molecule has 102 valence electrons. The zero-order chi connectivity index (χ0) is 13.4. The lowest BCUT2D eigenvalue weighted by Crippen LogP contribution is -2.34. The van der Waals surface area contributed by atoms with Crippen LogP contribution in [0.1, 0.15) is 39.4 Å². The fourth-order valence-electron chi connectivity index (χ4n) is 1.54. The lowest BCUT2D eigenvalue weighted by molar-refractivity contribution is -0.121. The third-order valence-electron chi connectivity index (χ3n) is 2.83. The predicted molar refractivity (Wildman–Crippen MR) is 69.9 cm³/mol. The molecule has 0 fully saturated rings. The van der Waals surface area contributed by atoms with E-state index in [2.05, 4.69) is 27.6 Å². The second-order valence-electron chi connectivity index (χ2n) is 4.30. The molecule has 1 aromatic rings. The maximum Gasteiger partial charge on any atom is 0.221 e. The smallest absolute Gasteiger partial charge is 0.221 e. The van der Waals surface area contributed by atoms with Crippen molar-refractivity contribution < 1.29 is 4.79 Å². The van der Waals surface area contributed by atoms with Crippen LogP contribution in [-0.2, 0) is 17.9 Å². The number of aryl methyl sites for hydroxylation is 1. The van der Waals surface area contributed by atoms with Gasteiger partial charge < -0.3 is 10.6 Å². The molecule has 0 radical (unpaired) electrons. The molecule has 0 aliphatic carbocycles. The van der Waals surface area contributed by atoms with Crippen molar-refractivity contribution in [3.8, 4) is 0 Å². The number of nitrogens with zero attached hydrogens (tertiary/aromatic N) is 3. The van der Waals surface area contributed by atoms with Crippen LogP contribution in [0.15, 0.2) is 6.33 Å². The van der Waals surface area contributed by atoms with E-state index in [9.17, 15) is 4.79 Å². The molecule has 2 N–H and O–H groups in total. The third kappa shape index (κ3) is 4.83. The molecular formula is C12H23N5O. The van der Waals surface area contributed by atoms with Crippen LogP contribution in [0.5, 0.6) is 0 Å². The molecule has 0 aliphatic rings. The van der Waals surface area contributed by atoms with Gasteiger partial charge in [0.1, 0.15) is 12.2 Å². The second kappa shape index (κ2) is 7.81. The van der Waals surface area contributed by atoms with Gasteiger partial charge in [0.25, 0.3) is 0 Å². The summed E-state index contributed by atoms with van der Waals surface area (Å²) in [7, 11) is 0. The molecule has 0 saturated heterocycles. The Balaban J connectivity index is 2.17. The number of hydrogen-bond acceptors (Lipinski definition) is 4. The molecule has 0 aliphatic heterocycles. The van der Waals surface area contributed by atoms with Crippen LogP contribution in [0.4, 0.5) is 0 Å². The zero-order valence-corrected chi connectivity index (χ0v) is 11.4. The van der Waals surface area contributed by atoms with Gasteiger partial charge in [-0.05, 0) is 20.3 Å².